The summed E-state index contributed by atoms with van der Waals surface area (Å²) < 4.78 is 85.4. The number of carbonyl (C=O) groups is 1. The van der Waals surface area contributed by atoms with E-state index in [9.17, 15) is 34.8 Å². The van der Waals surface area contributed by atoms with Crippen molar-refractivity contribution in [3.05, 3.63) is 36.0 Å². The number of aromatic nitrogens is 2. The van der Waals surface area contributed by atoms with Crippen LogP contribution in [0.25, 0.3) is 0 Å². The van der Waals surface area contributed by atoms with E-state index in [0.717, 1.165) is 30.5 Å². The number of amides is 1. The average Bonchev–Trinajstić information content (AvgIpc) is 3.16. The van der Waals surface area contributed by atoms with Crippen molar-refractivity contribution >= 4 is 37.1 Å². The number of halogens is 3. The number of primary amides is 1. The van der Waals surface area contributed by atoms with E-state index in [4.69, 9.17) is 11.5 Å². The lowest BCUT2D eigenvalue weighted by molar-refractivity contribution is -0.0436. The van der Waals surface area contributed by atoms with Gasteiger partial charge in [0.1, 0.15) is 15.4 Å². The summed E-state index contributed by atoms with van der Waals surface area (Å²) in [4.78, 5) is 11.0. The molecule has 6 N–H and O–H groups in total. The predicted molar refractivity (Wildman–Crippen MR) is 126 cm³/mol. The highest BCUT2D eigenvalue weighted by Gasteiger charge is 2.46. The summed E-state index contributed by atoms with van der Waals surface area (Å²) in [5.41, 5.74) is 6.57. The zero-order valence-electron chi connectivity index (χ0n) is 19.2. The Balaban J connectivity index is 1.73. The SMILES string of the molecule is CS(=O)(=O)CCNC1CC[C@H](n2cc(C(N)=O)c(Nc3ccc(S(=O)(=O)C(F)(F)F)cc3)n2)[C@@H](N)C1. The molecule has 3 atom stereocenters. The Morgan fingerprint density at radius 2 is 1.81 bits per heavy atom. The largest absolute Gasteiger partial charge is 0.501 e. The first-order valence-corrected chi connectivity index (χ1v) is 14.4. The topological polar surface area (TPSA) is 179 Å². The average molecular weight is 553 g/mol. The van der Waals surface area contributed by atoms with E-state index >= 15 is 0 Å². The summed E-state index contributed by atoms with van der Waals surface area (Å²) in [6.07, 6.45) is 4.40. The first-order chi connectivity index (χ1) is 16.6. The summed E-state index contributed by atoms with van der Waals surface area (Å²) in [5.74, 6) is -0.749. The Labute approximate surface area is 206 Å². The van der Waals surface area contributed by atoms with Gasteiger partial charge in [-0.05, 0) is 43.5 Å². The minimum absolute atomic E-state index is 0.0153. The van der Waals surface area contributed by atoms with E-state index in [1.807, 2.05) is 0 Å². The van der Waals surface area contributed by atoms with Crippen LogP contribution in [-0.4, -0.2) is 68.7 Å². The van der Waals surface area contributed by atoms with Crippen LogP contribution in [0.15, 0.2) is 35.4 Å². The third kappa shape index (κ3) is 6.54. The lowest BCUT2D eigenvalue weighted by Crippen LogP contribution is -2.46. The number of anilines is 2. The molecular formula is C20H27F3N6O5S2. The Bertz CT molecular complexity index is 1310. The van der Waals surface area contributed by atoms with Crippen molar-refractivity contribution < 1.29 is 34.8 Å². The summed E-state index contributed by atoms with van der Waals surface area (Å²) in [7, 11) is -8.58. The van der Waals surface area contributed by atoms with Gasteiger partial charge in [0.15, 0.2) is 5.82 Å². The van der Waals surface area contributed by atoms with Crippen molar-refractivity contribution in [2.45, 2.75) is 47.8 Å². The zero-order chi connectivity index (χ0) is 26.9. The molecule has 1 aromatic carbocycles. The number of hydrogen-bond donors (Lipinski definition) is 4. The number of sulfone groups is 2. The van der Waals surface area contributed by atoms with Crippen LogP contribution in [0, 0.1) is 0 Å². The molecule has 1 heterocycles. The molecule has 1 aliphatic carbocycles. The summed E-state index contributed by atoms with van der Waals surface area (Å²) in [6, 6.07) is 3.18. The van der Waals surface area contributed by atoms with Crippen LogP contribution in [0.4, 0.5) is 24.7 Å². The molecular weight excluding hydrogens is 525 g/mol. The quantitative estimate of drug-likeness (QED) is 0.354. The van der Waals surface area contributed by atoms with Gasteiger partial charge in [-0.3, -0.25) is 9.48 Å². The fourth-order valence-electron chi connectivity index (χ4n) is 3.97. The first-order valence-electron chi connectivity index (χ1n) is 10.8. The molecule has 2 aromatic rings. The fourth-order valence-corrected chi connectivity index (χ4v) is 5.22. The number of hydrogen-bond acceptors (Lipinski definition) is 9. The van der Waals surface area contributed by atoms with E-state index in [2.05, 4.69) is 15.7 Å². The van der Waals surface area contributed by atoms with Gasteiger partial charge in [0.25, 0.3) is 15.7 Å². The number of nitrogens with two attached hydrogens (primary N) is 2. The van der Waals surface area contributed by atoms with Crippen molar-refractivity contribution in [3.63, 3.8) is 0 Å². The van der Waals surface area contributed by atoms with Gasteiger partial charge >= 0.3 is 5.51 Å². The molecule has 0 saturated heterocycles. The van der Waals surface area contributed by atoms with Crippen molar-refractivity contribution in [3.8, 4) is 0 Å². The van der Waals surface area contributed by atoms with Crippen LogP contribution in [0.2, 0.25) is 0 Å². The second kappa shape index (κ2) is 10.4. The smallest absolute Gasteiger partial charge is 0.365 e. The van der Waals surface area contributed by atoms with Gasteiger partial charge in [0, 0.05) is 36.8 Å². The molecule has 16 heteroatoms. The van der Waals surface area contributed by atoms with Crippen molar-refractivity contribution in [2.75, 3.05) is 23.9 Å². The first kappa shape index (κ1) is 27.9. The Hall–Kier alpha value is -2.69. The number of alkyl halides is 3. The van der Waals surface area contributed by atoms with Crippen molar-refractivity contribution in [1.29, 1.82) is 0 Å². The van der Waals surface area contributed by atoms with Crippen LogP contribution in [0.3, 0.4) is 0 Å². The molecule has 0 spiro atoms. The van der Waals surface area contributed by atoms with Crippen LogP contribution < -0.4 is 22.1 Å². The monoisotopic (exact) mass is 552 g/mol. The molecule has 36 heavy (non-hydrogen) atoms. The molecule has 1 unspecified atom stereocenters. The third-order valence-corrected chi connectivity index (χ3v) is 8.28. The standard InChI is InChI=1S/C20H27F3N6O5S2/c1-35(31,32)9-8-26-13-4-7-17(16(24)10-13)29-11-15(18(25)30)19(28-29)27-12-2-5-14(6-3-12)36(33,34)20(21,22)23/h2-3,5-6,11,13,16-17,26H,4,7-10,24H2,1H3,(H2,25,30)(H,27,28)/t13?,16-,17-/m0/s1. The second-order valence-electron chi connectivity index (χ2n) is 8.66. The lowest BCUT2D eigenvalue weighted by Gasteiger charge is -2.34. The van der Waals surface area contributed by atoms with Gasteiger partial charge in [-0.25, -0.2) is 16.8 Å². The zero-order valence-corrected chi connectivity index (χ0v) is 20.8. The maximum absolute atomic E-state index is 12.7. The van der Waals surface area contributed by atoms with Gasteiger partial charge < -0.3 is 22.1 Å². The van der Waals surface area contributed by atoms with Crippen LogP contribution >= 0.6 is 0 Å². The van der Waals surface area contributed by atoms with E-state index in [0.29, 0.717) is 25.8 Å². The highest BCUT2D eigenvalue weighted by atomic mass is 32.2. The highest BCUT2D eigenvalue weighted by Crippen LogP contribution is 2.32. The van der Waals surface area contributed by atoms with Gasteiger partial charge in [0.05, 0.1) is 16.7 Å². The Kier molecular flexibility index (Phi) is 8.02. The molecule has 0 aliphatic heterocycles. The predicted octanol–water partition coefficient (Wildman–Crippen LogP) is 1.07. The molecule has 200 valence electrons. The van der Waals surface area contributed by atoms with Crippen LogP contribution in [0.5, 0.6) is 0 Å². The van der Waals surface area contributed by atoms with E-state index in [1.165, 1.54) is 10.9 Å². The number of carbonyl (C=O) groups excluding carboxylic acids is 1. The van der Waals surface area contributed by atoms with Crippen molar-refractivity contribution in [2.24, 2.45) is 11.5 Å². The third-order valence-electron chi connectivity index (χ3n) is 5.84. The van der Waals surface area contributed by atoms with E-state index in [1.54, 1.807) is 0 Å². The minimum atomic E-state index is -5.49. The molecule has 1 saturated carbocycles. The minimum Gasteiger partial charge on any atom is -0.365 e. The number of benzene rings is 1. The summed E-state index contributed by atoms with van der Waals surface area (Å²) in [6.45, 7) is 0.311. The van der Waals surface area contributed by atoms with E-state index < -0.39 is 36.0 Å². The maximum atomic E-state index is 12.7. The molecule has 1 aromatic heterocycles. The Morgan fingerprint density at radius 3 is 2.33 bits per heavy atom. The van der Waals surface area contributed by atoms with E-state index in [-0.39, 0.29) is 40.9 Å². The number of nitrogens with one attached hydrogen (secondary N) is 2. The molecule has 0 radical (unpaired) electrons. The molecule has 11 nitrogen and oxygen atoms in total. The number of nitrogens with zero attached hydrogens (tertiary/aromatic N) is 2. The number of rotatable bonds is 9. The molecule has 1 aliphatic rings. The highest BCUT2D eigenvalue weighted by molar-refractivity contribution is 7.92. The lowest BCUT2D eigenvalue weighted by atomic mass is 9.87. The molecule has 1 fully saturated rings. The van der Waals surface area contributed by atoms with Gasteiger partial charge in [-0.15, -0.1) is 0 Å². The second-order valence-corrected chi connectivity index (χ2v) is 12.9. The fraction of sp³-hybridized carbons (Fsp3) is 0.500. The van der Waals surface area contributed by atoms with Gasteiger partial charge in [-0.2, -0.15) is 18.3 Å². The van der Waals surface area contributed by atoms with Crippen molar-refractivity contribution in [1.82, 2.24) is 15.1 Å². The van der Waals surface area contributed by atoms with Crippen LogP contribution in [-0.2, 0) is 19.7 Å². The maximum Gasteiger partial charge on any atom is 0.501 e. The summed E-state index contributed by atoms with van der Waals surface area (Å²) in [5, 5.41) is 10.3. The Morgan fingerprint density at radius 1 is 1.17 bits per heavy atom. The normalized spacial score (nSPS) is 21.3. The van der Waals surface area contributed by atoms with Gasteiger partial charge in [-0.1, -0.05) is 0 Å². The van der Waals surface area contributed by atoms with Crippen LogP contribution in [0.1, 0.15) is 35.7 Å². The van der Waals surface area contributed by atoms with Gasteiger partial charge in [0.2, 0.25) is 0 Å². The molecule has 3 rings (SSSR count). The molecule has 0 bridgehead atoms. The summed E-state index contributed by atoms with van der Waals surface area (Å²) >= 11 is 0. The molecule has 1 amide bonds.